The van der Waals surface area contributed by atoms with E-state index in [9.17, 15) is 0 Å². The fraction of sp³-hybridized carbons (Fsp3) is 0.0588. The maximum atomic E-state index is 2.25. The van der Waals surface area contributed by atoms with E-state index >= 15 is 0 Å². The van der Waals surface area contributed by atoms with Gasteiger partial charge in [-0.15, -0.1) is 0 Å². The van der Waals surface area contributed by atoms with E-state index in [0.717, 1.165) is 6.42 Å². The Balaban J connectivity index is 1.98. The molecule has 2 aliphatic heterocycles. The van der Waals surface area contributed by atoms with E-state index in [4.69, 9.17) is 0 Å². The summed E-state index contributed by atoms with van der Waals surface area (Å²) in [7, 11) is 0. The first-order chi connectivity index (χ1) is 8.93. The van der Waals surface area contributed by atoms with Gasteiger partial charge in [0.2, 0.25) is 0 Å². The minimum Gasteiger partial charge on any atom is -0.323 e. The average Bonchev–Trinajstić information content (AvgIpc) is 2.75. The van der Waals surface area contributed by atoms with E-state index in [2.05, 4.69) is 72.0 Å². The Hall–Kier alpha value is -2.28. The summed E-state index contributed by atoms with van der Waals surface area (Å²) in [6.45, 7) is 0. The van der Waals surface area contributed by atoms with Crippen LogP contribution in [0.2, 0.25) is 0 Å². The fourth-order valence-corrected chi connectivity index (χ4v) is 2.80. The molecular formula is C17H13N. The largest absolute Gasteiger partial charge is 0.323 e. The summed E-state index contributed by atoms with van der Waals surface area (Å²) < 4.78 is 0. The molecule has 0 amide bonds. The summed E-state index contributed by atoms with van der Waals surface area (Å²) in [5.41, 5.74) is 6.75. The van der Waals surface area contributed by atoms with Gasteiger partial charge in [-0.3, -0.25) is 0 Å². The van der Waals surface area contributed by atoms with E-state index in [1.807, 2.05) is 0 Å². The van der Waals surface area contributed by atoms with Crippen LogP contribution in [-0.4, -0.2) is 4.90 Å². The molecular weight excluding hydrogens is 218 g/mol. The number of hydrogen-bond acceptors (Lipinski definition) is 1. The predicted octanol–water partition coefficient (Wildman–Crippen LogP) is 3.97. The Morgan fingerprint density at radius 1 is 0.889 bits per heavy atom. The molecule has 0 atom stereocenters. The van der Waals surface area contributed by atoms with Crippen LogP contribution in [0, 0.1) is 0 Å². The molecule has 1 heteroatoms. The summed E-state index contributed by atoms with van der Waals surface area (Å²) in [4.78, 5) is 2.17. The van der Waals surface area contributed by atoms with Crippen molar-refractivity contribution in [3.05, 3.63) is 77.2 Å². The average molecular weight is 231 g/mol. The lowest BCUT2D eigenvalue weighted by Crippen LogP contribution is -2.13. The lowest BCUT2D eigenvalue weighted by molar-refractivity contribution is 0.723. The van der Waals surface area contributed by atoms with Gasteiger partial charge in [-0.25, -0.2) is 0 Å². The SMILES string of the molecule is C1=CC=C2c3ccc4c(c3C=CN2C=C1)C=CC4. The van der Waals surface area contributed by atoms with Crippen LogP contribution in [-0.2, 0) is 6.42 Å². The second kappa shape index (κ2) is 3.61. The molecule has 1 nitrogen and oxygen atoms in total. The molecule has 0 unspecified atom stereocenters. The van der Waals surface area contributed by atoms with Crippen LogP contribution < -0.4 is 0 Å². The van der Waals surface area contributed by atoms with Crippen LogP contribution in [0.4, 0.5) is 0 Å². The summed E-state index contributed by atoms with van der Waals surface area (Å²) in [5, 5.41) is 0. The molecule has 0 radical (unpaired) electrons. The number of benzene rings is 1. The summed E-state index contributed by atoms with van der Waals surface area (Å²) >= 11 is 0. The molecule has 0 N–H and O–H groups in total. The molecule has 0 spiro atoms. The number of nitrogens with zero attached hydrogens (tertiary/aromatic N) is 1. The van der Waals surface area contributed by atoms with E-state index in [0.29, 0.717) is 0 Å². The van der Waals surface area contributed by atoms with Gasteiger partial charge in [-0.2, -0.15) is 0 Å². The Labute approximate surface area is 107 Å². The molecule has 4 rings (SSSR count). The number of rotatable bonds is 0. The van der Waals surface area contributed by atoms with Crippen molar-refractivity contribution in [1.82, 2.24) is 4.90 Å². The van der Waals surface area contributed by atoms with Gasteiger partial charge in [0.05, 0.1) is 5.70 Å². The van der Waals surface area contributed by atoms with Gasteiger partial charge in [-0.05, 0) is 41.3 Å². The van der Waals surface area contributed by atoms with Gasteiger partial charge in [-0.1, -0.05) is 36.4 Å². The third-order valence-electron chi connectivity index (χ3n) is 3.68. The lowest BCUT2D eigenvalue weighted by atomic mass is 9.93. The third kappa shape index (κ3) is 1.28. The molecule has 0 aromatic heterocycles. The standard InChI is InChI=1S/C17H13N/c1-2-7-17-16-9-8-13-5-4-6-14(13)15(16)10-12-18(17)11-3-1/h1-4,6-12H,5H2. The topological polar surface area (TPSA) is 3.24 Å². The molecule has 0 saturated heterocycles. The molecule has 0 saturated carbocycles. The zero-order valence-electron chi connectivity index (χ0n) is 10.0. The molecule has 1 aromatic carbocycles. The van der Waals surface area contributed by atoms with E-state index in [-0.39, 0.29) is 0 Å². The zero-order valence-corrected chi connectivity index (χ0v) is 10.0. The maximum Gasteiger partial charge on any atom is 0.0527 e. The minimum absolute atomic E-state index is 1.07. The number of fused-ring (bicyclic) bond motifs is 5. The van der Waals surface area contributed by atoms with Gasteiger partial charge >= 0.3 is 0 Å². The predicted molar refractivity (Wildman–Crippen MR) is 76.3 cm³/mol. The highest BCUT2D eigenvalue weighted by Crippen LogP contribution is 2.36. The molecule has 1 aliphatic carbocycles. The highest BCUT2D eigenvalue weighted by Gasteiger charge is 2.20. The molecule has 3 aliphatic rings. The van der Waals surface area contributed by atoms with E-state index in [1.165, 1.54) is 28.0 Å². The Bertz CT molecular complexity index is 669. The first kappa shape index (κ1) is 9.72. The Morgan fingerprint density at radius 2 is 1.89 bits per heavy atom. The van der Waals surface area contributed by atoms with Crippen molar-refractivity contribution in [2.75, 3.05) is 0 Å². The minimum atomic E-state index is 1.07. The molecule has 18 heavy (non-hydrogen) atoms. The monoisotopic (exact) mass is 231 g/mol. The van der Waals surface area contributed by atoms with Crippen molar-refractivity contribution in [2.24, 2.45) is 0 Å². The molecule has 0 bridgehead atoms. The highest BCUT2D eigenvalue weighted by molar-refractivity contribution is 5.85. The van der Waals surface area contributed by atoms with Crippen LogP contribution in [0.5, 0.6) is 0 Å². The number of hydrogen-bond donors (Lipinski definition) is 0. The second-order valence-electron chi connectivity index (χ2n) is 4.71. The molecule has 1 aromatic rings. The zero-order chi connectivity index (χ0) is 11.9. The van der Waals surface area contributed by atoms with Crippen molar-refractivity contribution in [3.63, 3.8) is 0 Å². The first-order valence-electron chi connectivity index (χ1n) is 6.28. The quantitative estimate of drug-likeness (QED) is 0.653. The molecule has 0 fully saturated rings. The normalized spacial score (nSPS) is 18.2. The van der Waals surface area contributed by atoms with Gasteiger partial charge in [0.15, 0.2) is 0 Å². The van der Waals surface area contributed by atoms with Gasteiger partial charge in [0.1, 0.15) is 0 Å². The summed E-state index contributed by atoms with van der Waals surface area (Å²) in [6.07, 6.45) is 20.4. The van der Waals surface area contributed by atoms with Crippen LogP contribution in [0.15, 0.2) is 54.9 Å². The smallest absolute Gasteiger partial charge is 0.0527 e. The van der Waals surface area contributed by atoms with Crippen molar-refractivity contribution in [2.45, 2.75) is 6.42 Å². The fourth-order valence-electron chi connectivity index (χ4n) is 2.80. The first-order valence-corrected chi connectivity index (χ1v) is 6.28. The highest BCUT2D eigenvalue weighted by atomic mass is 15.1. The van der Waals surface area contributed by atoms with Crippen LogP contribution in [0.3, 0.4) is 0 Å². The molecule has 2 heterocycles. The number of allylic oxidation sites excluding steroid dienone is 5. The van der Waals surface area contributed by atoms with Crippen LogP contribution in [0.1, 0.15) is 22.3 Å². The maximum absolute atomic E-state index is 2.25. The summed E-state index contributed by atoms with van der Waals surface area (Å²) in [5.74, 6) is 0. The second-order valence-corrected chi connectivity index (χ2v) is 4.71. The third-order valence-corrected chi connectivity index (χ3v) is 3.68. The van der Waals surface area contributed by atoms with Crippen molar-refractivity contribution >= 4 is 17.8 Å². The van der Waals surface area contributed by atoms with Crippen molar-refractivity contribution in [3.8, 4) is 0 Å². The van der Waals surface area contributed by atoms with Crippen molar-refractivity contribution in [1.29, 1.82) is 0 Å². The Kier molecular flexibility index (Phi) is 1.95. The summed E-state index contributed by atoms with van der Waals surface area (Å²) in [6, 6.07) is 4.50. The van der Waals surface area contributed by atoms with E-state index < -0.39 is 0 Å². The van der Waals surface area contributed by atoms with E-state index in [1.54, 1.807) is 0 Å². The molecule has 86 valence electrons. The van der Waals surface area contributed by atoms with Gasteiger partial charge in [0, 0.05) is 18.0 Å². The van der Waals surface area contributed by atoms with Gasteiger partial charge in [0.25, 0.3) is 0 Å². The van der Waals surface area contributed by atoms with Gasteiger partial charge < -0.3 is 4.90 Å². The van der Waals surface area contributed by atoms with Crippen LogP contribution >= 0.6 is 0 Å². The van der Waals surface area contributed by atoms with Crippen LogP contribution in [0.25, 0.3) is 17.8 Å². The Morgan fingerprint density at radius 3 is 2.89 bits per heavy atom. The van der Waals surface area contributed by atoms with Crippen molar-refractivity contribution < 1.29 is 0 Å². The lowest BCUT2D eigenvalue weighted by Gasteiger charge is -2.26.